The van der Waals surface area contributed by atoms with Gasteiger partial charge in [0.25, 0.3) is 0 Å². The maximum absolute atomic E-state index is 13.4. The molecule has 1 saturated heterocycles. The van der Waals surface area contributed by atoms with Gasteiger partial charge in [0.1, 0.15) is 12.1 Å². The predicted molar refractivity (Wildman–Crippen MR) is 131 cm³/mol. The molecule has 0 bridgehead atoms. The third-order valence-electron chi connectivity index (χ3n) is 7.87. The minimum Gasteiger partial charge on any atom is -0.481 e. The average molecular weight is 477 g/mol. The molecular formula is C28H32N2O5. The number of alkyl carbamates (subject to hydrolysis) is 1. The Labute approximate surface area is 205 Å². The SMILES string of the molecule is O=C(O)CCC1CCCN(C(=O)C2(NC(=O)OCC3c4ccccc4-c4ccccc43)CCC2)C1. The molecule has 1 unspecified atom stereocenters. The molecule has 2 N–H and O–H groups in total. The van der Waals surface area contributed by atoms with Crippen molar-refractivity contribution in [1.29, 1.82) is 0 Å². The minimum atomic E-state index is -0.905. The van der Waals surface area contributed by atoms with Gasteiger partial charge in [0, 0.05) is 25.4 Å². The van der Waals surface area contributed by atoms with Crippen molar-refractivity contribution in [3.63, 3.8) is 0 Å². The molecule has 2 aromatic rings. The molecule has 2 amide bonds. The van der Waals surface area contributed by atoms with E-state index in [4.69, 9.17) is 9.84 Å². The number of likely N-dealkylation sites (tertiary alicyclic amines) is 1. The van der Waals surface area contributed by atoms with Crippen LogP contribution in [0.3, 0.4) is 0 Å². The zero-order valence-corrected chi connectivity index (χ0v) is 19.9. The standard InChI is InChI=1S/C28H32N2O5/c31-25(32)13-12-19-7-5-16-30(17-19)26(33)28(14-6-15-28)29-27(34)35-18-24-22-10-3-1-8-20(22)21-9-2-4-11-23(21)24/h1-4,8-11,19,24H,5-7,12-18H2,(H,29,34)(H,31,32). The third-order valence-corrected chi connectivity index (χ3v) is 7.87. The van der Waals surface area contributed by atoms with E-state index in [-0.39, 0.29) is 30.8 Å². The number of carbonyl (C=O) groups excluding carboxylic acids is 2. The van der Waals surface area contributed by atoms with Crippen LogP contribution in [0.25, 0.3) is 11.1 Å². The molecule has 1 saturated carbocycles. The summed E-state index contributed by atoms with van der Waals surface area (Å²) in [6, 6.07) is 16.4. The van der Waals surface area contributed by atoms with E-state index in [1.54, 1.807) is 0 Å². The van der Waals surface area contributed by atoms with Gasteiger partial charge in [-0.1, -0.05) is 48.5 Å². The molecule has 2 fully saturated rings. The van der Waals surface area contributed by atoms with E-state index >= 15 is 0 Å². The predicted octanol–water partition coefficient (Wildman–Crippen LogP) is 4.55. The lowest BCUT2D eigenvalue weighted by Crippen LogP contribution is -2.64. The van der Waals surface area contributed by atoms with Crippen LogP contribution in [0.1, 0.15) is 62.0 Å². The Hall–Kier alpha value is -3.35. The summed E-state index contributed by atoms with van der Waals surface area (Å²) in [7, 11) is 0. The number of carboxylic acids is 1. The topological polar surface area (TPSA) is 95.9 Å². The highest BCUT2D eigenvalue weighted by atomic mass is 16.5. The number of rotatable bonds is 7. The van der Waals surface area contributed by atoms with Crippen molar-refractivity contribution in [1.82, 2.24) is 10.2 Å². The number of amides is 2. The number of piperidine rings is 1. The second kappa shape index (κ2) is 9.72. The first-order valence-corrected chi connectivity index (χ1v) is 12.6. The number of nitrogens with zero attached hydrogens (tertiary/aromatic N) is 1. The van der Waals surface area contributed by atoms with Crippen LogP contribution in [0.5, 0.6) is 0 Å². The molecule has 0 aromatic heterocycles. The first-order valence-electron chi connectivity index (χ1n) is 12.6. The Bertz CT molecular complexity index is 1080. The van der Waals surface area contributed by atoms with Gasteiger partial charge in [-0.05, 0) is 66.7 Å². The molecule has 35 heavy (non-hydrogen) atoms. The first kappa shape index (κ1) is 23.4. The van der Waals surface area contributed by atoms with Gasteiger partial charge in [-0.15, -0.1) is 0 Å². The smallest absolute Gasteiger partial charge is 0.408 e. The molecule has 0 radical (unpaired) electrons. The number of carbonyl (C=O) groups is 3. The first-order chi connectivity index (χ1) is 17.0. The van der Waals surface area contributed by atoms with Crippen molar-refractivity contribution in [2.75, 3.05) is 19.7 Å². The number of aliphatic carboxylic acids is 1. The molecule has 1 aliphatic heterocycles. The fraction of sp³-hybridized carbons (Fsp3) is 0.464. The zero-order chi connectivity index (χ0) is 24.4. The van der Waals surface area contributed by atoms with Crippen LogP contribution < -0.4 is 5.32 Å². The molecular weight excluding hydrogens is 444 g/mol. The van der Waals surface area contributed by atoms with Gasteiger partial charge in [-0.25, -0.2) is 4.79 Å². The van der Waals surface area contributed by atoms with E-state index in [9.17, 15) is 14.4 Å². The summed E-state index contributed by atoms with van der Waals surface area (Å²) >= 11 is 0. The van der Waals surface area contributed by atoms with Crippen molar-refractivity contribution in [2.45, 2.75) is 56.4 Å². The van der Waals surface area contributed by atoms with E-state index in [1.165, 1.54) is 11.1 Å². The van der Waals surface area contributed by atoms with Gasteiger partial charge in [0.2, 0.25) is 5.91 Å². The number of hydrogen-bond donors (Lipinski definition) is 2. The minimum absolute atomic E-state index is 0.0294. The molecule has 7 heteroatoms. The van der Waals surface area contributed by atoms with Crippen LogP contribution in [-0.2, 0) is 14.3 Å². The van der Waals surface area contributed by atoms with E-state index < -0.39 is 17.6 Å². The number of hydrogen-bond acceptors (Lipinski definition) is 4. The molecule has 0 spiro atoms. The van der Waals surface area contributed by atoms with Crippen molar-refractivity contribution in [2.24, 2.45) is 5.92 Å². The number of fused-ring (bicyclic) bond motifs is 3. The highest BCUT2D eigenvalue weighted by Gasteiger charge is 2.48. The monoisotopic (exact) mass is 476 g/mol. The van der Waals surface area contributed by atoms with Gasteiger partial charge in [-0.3, -0.25) is 9.59 Å². The van der Waals surface area contributed by atoms with E-state index in [2.05, 4.69) is 29.6 Å². The number of nitrogens with one attached hydrogen (secondary N) is 1. The summed E-state index contributed by atoms with van der Waals surface area (Å²) in [6.45, 7) is 1.42. The van der Waals surface area contributed by atoms with Crippen LogP contribution in [0.4, 0.5) is 4.79 Å². The summed E-state index contributed by atoms with van der Waals surface area (Å²) in [4.78, 5) is 39.1. The van der Waals surface area contributed by atoms with E-state index in [1.807, 2.05) is 29.2 Å². The second-order valence-corrected chi connectivity index (χ2v) is 10.1. The average Bonchev–Trinajstić information content (AvgIpc) is 3.17. The molecule has 1 atom stereocenters. The molecule has 2 aromatic carbocycles. The highest BCUT2D eigenvalue weighted by molar-refractivity contribution is 5.91. The fourth-order valence-electron chi connectivity index (χ4n) is 5.87. The summed E-state index contributed by atoms with van der Waals surface area (Å²) in [5.74, 6) is -0.702. The Kier molecular flexibility index (Phi) is 6.50. The summed E-state index contributed by atoms with van der Waals surface area (Å²) in [6.07, 6.45) is 4.02. The summed E-state index contributed by atoms with van der Waals surface area (Å²) in [5, 5.41) is 11.9. The van der Waals surface area contributed by atoms with Gasteiger partial charge < -0.3 is 20.1 Å². The number of ether oxygens (including phenoxy) is 1. The maximum atomic E-state index is 13.4. The fourth-order valence-corrected chi connectivity index (χ4v) is 5.87. The zero-order valence-electron chi connectivity index (χ0n) is 19.9. The van der Waals surface area contributed by atoms with Gasteiger partial charge in [0.05, 0.1) is 0 Å². The van der Waals surface area contributed by atoms with Crippen LogP contribution in [0.15, 0.2) is 48.5 Å². The number of benzene rings is 2. The third kappa shape index (κ3) is 4.64. The lowest BCUT2D eigenvalue weighted by molar-refractivity contribution is -0.144. The maximum Gasteiger partial charge on any atom is 0.408 e. The van der Waals surface area contributed by atoms with Crippen molar-refractivity contribution in [3.8, 4) is 11.1 Å². The Morgan fingerprint density at radius 2 is 1.66 bits per heavy atom. The Morgan fingerprint density at radius 1 is 1.00 bits per heavy atom. The van der Waals surface area contributed by atoms with Crippen LogP contribution in [0, 0.1) is 5.92 Å². The second-order valence-electron chi connectivity index (χ2n) is 10.1. The van der Waals surface area contributed by atoms with Crippen molar-refractivity contribution in [3.05, 3.63) is 59.7 Å². The molecule has 5 rings (SSSR count). The lowest BCUT2D eigenvalue weighted by atomic mass is 9.75. The Balaban J connectivity index is 1.22. The van der Waals surface area contributed by atoms with Crippen LogP contribution in [0.2, 0.25) is 0 Å². The summed E-state index contributed by atoms with van der Waals surface area (Å²) in [5.41, 5.74) is 3.74. The normalized spacial score (nSPS) is 20.3. The lowest BCUT2D eigenvalue weighted by Gasteiger charge is -2.45. The van der Waals surface area contributed by atoms with Crippen LogP contribution in [-0.4, -0.2) is 53.2 Å². The molecule has 2 aliphatic carbocycles. The van der Waals surface area contributed by atoms with Gasteiger partial charge in [0.15, 0.2) is 0 Å². The highest BCUT2D eigenvalue weighted by Crippen LogP contribution is 2.44. The molecule has 184 valence electrons. The van der Waals surface area contributed by atoms with E-state index in [0.717, 1.165) is 30.4 Å². The van der Waals surface area contributed by atoms with Gasteiger partial charge in [-0.2, -0.15) is 0 Å². The Morgan fingerprint density at radius 3 is 2.26 bits per heavy atom. The van der Waals surface area contributed by atoms with E-state index in [0.29, 0.717) is 32.4 Å². The van der Waals surface area contributed by atoms with Crippen LogP contribution >= 0.6 is 0 Å². The van der Waals surface area contributed by atoms with Crippen molar-refractivity contribution < 1.29 is 24.2 Å². The molecule has 3 aliphatic rings. The van der Waals surface area contributed by atoms with Gasteiger partial charge >= 0.3 is 12.1 Å². The molecule has 7 nitrogen and oxygen atoms in total. The number of carboxylic acid groups (broad SMARTS) is 1. The van der Waals surface area contributed by atoms with Crippen molar-refractivity contribution >= 4 is 18.0 Å². The molecule has 1 heterocycles. The summed E-state index contributed by atoms with van der Waals surface area (Å²) < 4.78 is 5.71. The quantitative estimate of drug-likeness (QED) is 0.611. The largest absolute Gasteiger partial charge is 0.481 e.